The number of nitrogens with zero attached hydrogens (tertiary/aromatic N) is 6. The first-order valence-electron chi connectivity index (χ1n) is 44.2. The lowest BCUT2D eigenvalue weighted by molar-refractivity contribution is -0.160. The van der Waals surface area contributed by atoms with Gasteiger partial charge in [-0.15, -0.1) is 0 Å². The molecule has 2 rings (SSSR count). The van der Waals surface area contributed by atoms with Crippen LogP contribution in [0, 0.1) is 58.2 Å². The second kappa shape index (κ2) is 53.5. The summed E-state index contributed by atoms with van der Waals surface area (Å²) in [5, 5.41) is 21.5. The maximum absolute atomic E-state index is 14.1. The standard InChI is InChI=1S/C49H78ClN5O8.C48H76ClN5O9/c1-18-30(5)42(36(11)56)52-41(57)28-53(15)47(61)40(27-37-22-24-38(50)25-23-37)55(17)46(60)35(10)51-44(58)39(26-29(3)4)54(16)45(59)33(8)21-20-32(7)34(9)43(31(6)19-2)63-48(62)49(12,13)14;1-17-29(5)40(46(60)61)51-39(55)27-52(14)45(59)38(26-35-21-23-36(49)24-22-35)54(16)44(58)34(10)50-42(56)37(25-28(3)4)53(15)43(57)32(8)20-19-31(7)33(9)41(30(6)18-2)63-47(62)48(11,12)13/h19,21-25,29-30,32,34-35,39-40,42-43H,18,20,26-28H2,1-17H3,(H,51,58)(H,52,57);18,20-24,28-29,31,33-34,37-38,40-41H,17,19,25-27H2,1-16H3,(H,50,56)(H,51,55)(H,60,61)/b31-19+,33-21+;30-18+,32-20+/t30-,32?,34-,35-,39+,40+,42?,43?;29-,31-,33-,34-,37+,38+,40?,41+/m00/s1. The molecule has 126 heavy (non-hydrogen) atoms. The van der Waals surface area contributed by atoms with Gasteiger partial charge < -0.3 is 65.2 Å². The number of esters is 2. The molecule has 0 saturated carbocycles. The molecule has 27 nitrogen and oxygen atoms in total. The van der Waals surface area contributed by atoms with Crippen molar-refractivity contribution in [1.82, 2.24) is 50.7 Å². The Labute approximate surface area is 762 Å². The summed E-state index contributed by atoms with van der Waals surface area (Å²) in [4.78, 5) is 196. The zero-order chi connectivity index (χ0) is 97.4. The number of Topliss-reactive ketones (excluding diaryl/α,β-unsaturated/α-hetero) is 1. The molecule has 0 aliphatic rings. The predicted molar refractivity (Wildman–Crippen MR) is 498 cm³/mol. The van der Waals surface area contributed by atoms with Crippen molar-refractivity contribution in [2.45, 2.75) is 299 Å². The third kappa shape index (κ3) is 36.8. The lowest BCUT2D eigenvalue weighted by Gasteiger charge is -2.34. The van der Waals surface area contributed by atoms with Gasteiger partial charge in [0, 0.05) is 76.3 Å². The molecule has 0 saturated heterocycles. The molecule has 0 heterocycles. The Kier molecular flexibility index (Phi) is 48.8. The molecule has 0 bridgehead atoms. The van der Waals surface area contributed by atoms with E-state index < -0.39 is 131 Å². The first-order valence-corrected chi connectivity index (χ1v) is 44.9. The highest BCUT2D eigenvalue weighted by molar-refractivity contribution is 6.30. The molecule has 2 aromatic carbocycles. The molecule has 0 aliphatic heterocycles. The Morgan fingerprint density at radius 1 is 0.429 bits per heavy atom. The monoisotopic (exact) mass is 1800 g/mol. The van der Waals surface area contributed by atoms with Gasteiger partial charge in [-0.05, 0) is 223 Å². The number of ether oxygens (including phenoxy) is 2. The number of allylic oxidation sites excluding steroid dienone is 4. The molecule has 0 spiro atoms. The minimum Gasteiger partial charge on any atom is -0.480 e. The third-order valence-electron chi connectivity index (χ3n) is 23.7. The number of benzene rings is 2. The highest BCUT2D eigenvalue weighted by atomic mass is 35.5. The number of hydrogen-bond donors (Lipinski definition) is 5. The molecular weight excluding hydrogens is 1650 g/mol. The summed E-state index contributed by atoms with van der Waals surface area (Å²) in [6, 6.07) is 5.47. The number of halogens is 2. The Bertz CT molecular complexity index is 3870. The van der Waals surface area contributed by atoms with Gasteiger partial charge in [-0.2, -0.15) is 0 Å². The topological polar surface area (TPSA) is 345 Å². The van der Waals surface area contributed by atoms with E-state index in [1.807, 2.05) is 163 Å². The van der Waals surface area contributed by atoms with Crippen LogP contribution in [0.15, 0.2) is 95.1 Å². The first kappa shape index (κ1) is 115. The minimum atomic E-state index is -1.19. The van der Waals surface area contributed by atoms with E-state index in [4.69, 9.17) is 32.7 Å². The van der Waals surface area contributed by atoms with Crippen molar-refractivity contribution in [2.75, 3.05) is 55.4 Å². The molecule has 0 aromatic heterocycles. The van der Waals surface area contributed by atoms with Crippen molar-refractivity contribution in [3.63, 3.8) is 0 Å². The largest absolute Gasteiger partial charge is 0.480 e. The molecule has 708 valence electrons. The van der Waals surface area contributed by atoms with Crippen molar-refractivity contribution < 1.29 is 81.7 Å². The van der Waals surface area contributed by atoms with Crippen LogP contribution < -0.4 is 21.3 Å². The molecule has 0 fully saturated rings. The zero-order valence-electron chi connectivity index (χ0n) is 81.8. The molecule has 16 atom stereocenters. The van der Waals surface area contributed by atoms with E-state index in [1.54, 1.807) is 83.4 Å². The van der Waals surface area contributed by atoms with E-state index in [0.717, 1.165) is 16.0 Å². The second-order valence-corrected chi connectivity index (χ2v) is 38.4. The highest BCUT2D eigenvalue weighted by Crippen LogP contribution is 2.33. The van der Waals surface area contributed by atoms with Gasteiger partial charge in [-0.3, -0.25) is 62.3 Å². The van der Waals surface area contributed by atoms with E-state index in [-0.39, 0.29) is 96.3 Å². The molecule has 0 radical (unpaired) electrons. The molecule has 10 amide bonds. The number of carbonyl (C=O) groups excluding carboxylic acids is 13. The molecular formula is C97H154Cl2N10O17. The van der Waals surface area contributed by atoms with Gasteiger partial charge in [0.05, 0.1) is 30.0 Å². The lowest BCUT2D eigenvalue weighted by Crippen LogP contribution is -2.57. The van der Waals surface area contributed by atoms with Gasteiger partial charge in [0.25, 0.3) is 0 Å². The number of hydrogen-bond acceptors (Lipinski definition) is 16. The lowest BCUT2D eigenvalue weighted by atomic mass is 9.84. The third-order valence-corrected chi connectivity index (χ3v) is 24.2. The first-order chi connectivity index (χ1) is 58.2. The Balaban J connectivity index is 0.00000126. The molecule has 5 N–H and O–H groups in total. The Morgan fingerprint density at radius 3 is 1.00 bits per heavy atom. The number of carboxylic acid groups (broad SMARTS) is 1. The Hall–Kier alpha value is -9.24. The van der Waals surface area contributed by atoms with E-state index in [2.05, 4.69) is 28.2 Å². The van der Waals surface area contributed by atoms with E-state index >= 15 is 0 Å². The van der Waals surface area contributed by atoms with E-state index in [0.29, 0.717) is 70.8 Å². The minimum absolute atomic E-state index is 0.00233. The van der Waals surface area contributed by atoms with E-state index in [9.17, 15) is 72.2 Å². The summed E-state index contributed by atoms with van der Waals surface area (Å²) in [6.07, 6.45) is 9.69. The van der Waals surface area contributed by atoms with Gasteiger partial charge in [0.1, 0.15) is 54.5 Å². The van der Waals surface area contributed by atoms with Gasteiger partial charge in [-0.1, -0.05) is 168 Å². The van der Waals surface area contributed by atoms with Gasteiger partial charge >= 0.3 is 17.9 Å². The quantitative estimate of drug-likeness (QED) is 0.0233. The maximum Gasteiger partial charge on any atom is 0.326 e. The van der Waals surface area contributed by atoms with Crippen molar-refractivity contribution in [3.8, 4) is 0 Å². The van der Waals surface area contributed by atoms with Crippen LogP contribution in [0.5, 0.6) is 0 Å². The van der Waals surface area contributed by atoms with Crippen LogP contribution in [-0.2, 0) is 89.4 Å². The fourth-order valence-corrected chi connectivity index (χ4v) is 14.2. The second-order valence-electron chi connectivity index (χ2n) is 37.5. The summed E-state index contributed by atoms with van der Waals surface area (Å²) < 4.78 is 12.0. The summed E-state index contributed by atoms with van der Waals surface area (Å²) in [5.41, 5.74) is 2.84. The van der Waals surface area contributed by atoms with Gasteiger partial charge in [0.15, 0.2) is 5.78 Å². The van der Waals surface area contributed by atoms with Crippen molar-refractivity contribution in [1.29, 1.82) is 0 Å². The average Bonchev–Trinajstić information content (AvgIpc) is 0.854. The van der Waals surface area contributed by atoms with Crippen molar-refractivity contribution >= 4 is 106 Å². The summed E-state index contributed by atoms with van der Waals surface area (Å²) in [6.45, 7) is 48.8. The smallest absolute Gasteiger partial charge is 0.326 e. The normalized spacial score (nSPS) is 16.0. The number of carboxylic acids is 1. The van der Waals surface area contributed by atoms with E-state index in [1.165, 1.54) is 73.5 Å². The van der Waals surface area contributed by atoms with Crippen LogP contribution in [0.25, 0.3) is 0 Å². The number of carbonyl (C=O) groups is 14. The van der Waals surface area contributed by atoms with Crippen LogP contribution in [-0.4, -0.2) is 233 Å². The number of rotatable bonds is 46. The van der Waals surface area contributed by atoms with Crippen LogP contribution in [0.1, 0.15) is 237 Å². The van der Waals surface area contributed by atoms with Crippen LogP contribution in [0.4, 0.5) is 0 Å². The molecule has 2 aromatic rings. The van der Waals surface area contributed by atoms with Gasteiger partial charge in [-0.25, -0.2) is 4.79 Å². The van der Waals surface area contributed by atoms with Gasteiger partial charge in [0.2, 0.25) is 59.1 Å². The number of likely N-dealkylation sites (N-methyl/N-ethyl adjacent to an activating group) is 6. The van der Waals surface area contributed by atoms with Crippen LogP contribution >= 0.6 is 23.2 Å². The number of aliphatic carboxylic acids is 1. The van der Waals surface area contributed by atoms with Crippen molar-refractivity contribution in [3.05, 3.63) is 116 Å². The maximum atomic E-state index is 14.1. The van der Waals surface area contributed by atoms with Crippen molar-refractivity contribution in [2.24, 2.45) is 58.2 Å². The SMILES string of the molecule is C/C=C(\C)C(OC(=O)C(C)(C)C)[C@@H](C)C(C)C/C=C(\C)C(=O)N(C)[C@H](CC(C)C)C(=O)N[C@@H](C)C(=O)N(C)[C@H](Cc1ccc(Cl)cc1)C(=O)N(C)CC(=O)NC(C(C)=O)[C@@H](C)CC.C/C=C(\C)[C@@H](OC(=O)C(C)(C)C)[C@@H](C)[C@@H](C)C/C=C(\C)C(=O)N(C)[C@H](CC(C)C)C(=O)N[C@@H](C)C(=O)N(C)[C@H](Cc1ccc(Cl)cc1)C(=O)N(C)CC(=O)NC(C(=O)O)[C@@H](C)CC. The summed E-state index contributed by atoms with van der Waals surface area (Å²) in [5.74, 6) is -7.66. The number of ketones is 1. The number of nitrogens with one attached hydrogen (secondary N) is 4. The van der Waals surface area contributed by atoms with Crippen LogP contribution in [0.3, 0.4) is 0 Å². The molecule has 0 aliphatic carbocycles. The summed E-state index contributed by atoms with van der Waals surface area (Å²) in [7, 11) is 8.89. The fraction of sp³-hybridized carbons (Fsp3) is 0.649. The summed E-state index contributed by atoms with van der Waals surface area (Å²) >= 11 is 12.2. The predicted octanol–water partition coefficient (Wildman–Crippen LogP) is 13.9. The zero-order valence-corrected chi connectivity index (χ0v) is 83.3. The molecule has 29 heteroatoms. The average molecular weight is 1800 g/mol. The van der Waals surface area contributed by atoms with Crippen LogP contribution in [0.2, 0.25) is 10.0 Å². The highest BCUT2D eigenvalue weighted by Gasteiger charge is 2.41. The fourth-order valence-electron chi connectivity index (χ4n) is 13.9. The Morgan fingerprint density at radius 2 is 0.730 bits per heavy atom. The number of amides is 10. The molecule has 4 unspecified atom stereocenters.